The molecule has 0 aromatic carbocycles. The maximum absolute atomic E-state index is 10.9. The lowest BCUT2D eigenvalue weighted by molar-refractivity contribution is -0.143. The minimum absolute atomic E-state index is 0.350. The molecule has 1 aliphatic rings. The second kappa shape index (κ2) is 5.64. The molecule has 0 saturated carbocycles. The molecule has 4 nitrogen and oxygen atoms in total. The predicted octanol–water partition coefficient (Wildman–Crippen LogP) is 1.12. The number of carboxylic acids is 1. The van der Waals surface area contributed by atoms with Crippen LogP contribution in [0.15, 0.2) is 0 Å². The lowest BCUT2D eigenvalue weighted by Crippen LogP contribution is -2.54. The molecule has 1 heterocycles. The van der Waals surface area contributed by atoms with Crippen molar-refractivity contribution in [1.29, 1.82) is 0 Å². The molecule has 1 N–H and O–H groups in total. The first-order chi connectivity index (χ1) is 7.43. The third-order valence-electron chi connectivity index (χ3n) is 3.79. The van der Waals surface area contributed by atoms with Crippen LogP contribution in [0.2, 0.25) is 0 Å². The molecule has 0 spiro atoms. The van der Waals surface area contributed by atoms with Gasteiger partial charge in [-0.15, -0.1) is 0 Å². The van der Waals surface area contributed by atoms with E-state index >= 15 is 0 Å². The summed E-state index contributed by atoms with van der Waals surface area (Å²) in [6, 6.07) is 0.235. The summed E-state index contributed by atoms with van der Waals surface area (Å²) in [5, 5.41) is 8.94. The van der Waals surface area contributed by atoms with Crippen molar-refractivity contribution in [2.24, 2.45) is 5.92 Å². The fourth-order valence-corrected chi connectivity index (χ4v) is 2.11. The normalized spacial score (nSPS) is 23.3. The molecule has 2 atom stereocenters. The second-order valence-electron chi connectivity index (χ2n) is 5.07. The number of carbonyl (C=O) groups is 1. The Balaban J connectivity index is 2.42. The van der Waals surface area contributed by atoms with Gasteiger partial charge in [0.05, 0.1) is 0 Å². The van der Waals surface area contributed by atoms with E-state index < -0.39 is 5.97 Å². The van der Waals surface area contributed by atoms with Crippen LogP contribution in [0, 0.1) is 5.92 Å². The molecular weight excluding hydrogens is 204 g/mol. The summed E-state index contributed by atoms with van der Waals surface area (Å²) in [5.74, 6) is -0.0613. The van der Waals surface area contributed by atoms with Crippen molar-refractivity contribution >= 4 is 5.97 Å². The summed E-state index contributed by atoms with van der Waals surface area (Å²) in [6.45, 7) is 12.2. The number of nitrogens with zero attached hydrogens (tertiary/aromatic N) is 2. The summed E-state index contributed by atoms with van der Waals surface area (Å²) in [4.78, 5) is 15.4. The van der Waals surface area contributed by atoms with Gasteiger partial charge in [-0.25, -0.2) is 0 Å². The maximum Gasteiger partial charge on any atom is 0.320 e. The van der Waals surface area contributed by atoms with E-state index in [1.807, 2.05) is 4.90 Å². The number of aliphatic carboxylic acids is 1. The minimum atomic E-state index is -0.717. The van der Waals surface area contributed by atoms with Crippen molar-refractivity contribution in [1.82, 2.24) is 9.80 Å². The average Bonchev–Trinajstić information content (AvgIpc) is 2.27. The van der Waals surface area contributed by atoms with E-state index in [0.717, 1.165) is 26.2 Å². The van der Waals surface area contributed by atoms with Crippen molar-refractivity contribution in [3.05, 3.63) is 0 Å². The molecule has 94 valence electrons. The van der Waals surface area contributed by atoms with E-state index in [9.17, 15) is 4.79 Å². The zero-order valence-electron chi connectivity index (χ0n) is 10.8. The Morgan fingerprint density at radius 3 is 1.81 bits per heavy atom. The average molecular weight is 228 g/mol. The quantitative estimate of drug-likeness (QED) is 0.783. The van der Waals surface area contributed by atoms with E-state index in [-0.39, 0.29) is 6.04 Å². The number of rotatable bonds is 4. The zero-order chi connectivity index (χ0) is 12.3. The first-order valence-corrected chi connectivity index (χ1v) is 6.14. The van der Waals surface area contributed by atoms with Gasteiger partial charge in [0.25, 0.3) is 0 Å². The molecule has 1 aliphatic heterocycles. The highest BCUT2D eigenvalue weighted by Gasteiger charge is 2.27. The molecule has 1 rings (SSSR count). The van der Waals surface area contributed by atoms with Gasteiger partial charge in [-0.2, -0.15) is 0 Å². The van der Waals surface area contributed by atoms with Crippen LogP contribution in [0.5, 0.6) is 0 Å². The minimum Gasteiger partial charge on any atom is -0.480 e. The highest BCUT2D eigenvalue weighted by atomic mass is 16.4. The number of hydrogen-bond donors (Lipinski definition) is 1. The van der Waals surface area contributed by atoms with E-state index in [1.165, 1.54) is 0 Å². The third kappa shape index (κ3) is 3.19. The van der Waals surface area contributed by atoms with Crippen molar-refractivity contribution in [3.8, 4) is 0 Å². The van der Waals surface area contributed by atoms with Crippen LogP contribution in [-0.2, 0) is 4.79 Å². The van der Waals surface area contributed by atoms with E-state index in [1.54, 1.807) is 6.92 Å². The smallest absolute Gasteiger partial charge is 0.320 e. The van der Waals surface area contributed by atoms with Crippen molar-refractivity contribution in [2.75, 3.05) is 26.2 Å². The maximum atomic E-state index is 10.9. The lowest BCUT2D eigenvalue weighted by Gasteiger charge is -2.40. The fraction of sp³-hybridized carbons (Fsp3) is 0.917. The van der Waals surface area contributed by atoms with Gasteiger partial charge < -0.3 is 5.11 Å². The Kier molecular flexibility index (Phi) is 4.74. The van der Waals surface area contributed by atoms with Gasteiger partial charge in [-0.1, -0.05) is 13.8 Å². The molecule has 1 saturated heterocycles. The van der Waals surface area contributed by atoms with E-state index in [2.05, 4.69) is 25.7 Å². The Hall–Kier alpha value is -0.610. The third-order valence-corrected chi connectivity index (χ3v) is 3.79. The van der Waals surface area contributed by atoms with E-state index in [4.69, 9.17) is 5.11 Å². The van der Waals surface area contributed by atoms with Crippen LogP contribution in [-0.4, -0.2) is 59.1 Å². The summed E-state index contributed by atoms with van der Waals surface area (Å²) < 4.78 is 0. The lowest BCUT2D eigenvalue weighted by atomic mass is 10.0. The number of carboxylic acid groups (broad SMARTS) is 1. The number of piperazine rings is 1. The molecule has 0 amide bonds. The van der Waals surface area contributed by atoms with Crippen LogP contribution in [0.3, 0.4) is 0 Å². The first kappa shape index (κ1) is 13.5. The van der Waals surface area contributed by atoms with Crippen molar-refractivity contribution in [3.63, 3.8) is 0 Å². The van der Waals surface area contributed by atoms with Gasteiger partial charge in [-0.05, 0) is 19.8 Å². The van der Waals surface area contributed by atoms with Crippen molar-refractivity contribution < 1.29 is 9.90 Å². The van der Waals surface area contributed by atoms with Gasteiger partial charge in [-0.3, -0.25) is 14.6 Å². The molecule has 0 aromatic rings. The van der Waals surface area contributed by atoms with E-state index in [0.29, 0.717) is 12.0 Å². The highest BCUT2D eigenvalue weighted by molar-refractivity contribution is 5.72. The van der Waals surface area contributed by atoms with Crippen LogP contribution in [0.1, 0.15) is 27.7 Å². The molecule has 16 heavy (non-hydrogen) atoms. The summed E-state index contributed by atoms with van der Waals surface area (Å²) in [5.41, 5.74) is 0. The first-order valence-electron chi connectivity index (χ1n) is 6.14. The monoisotopic (exact) mass is 228 g/mol. The fourth-order valence-electron chi connectivity index (χ4n) is 2.11. The molecule has 4 heteroatoms. The Bertz CT molecular complexity index is 235. The van der Waals surface area contributed by atoms with Crippen LogP contribution < -0.4 is 0 Å². The predicted molar refractivity (Wildman–Crippen MR) is 64.5 cm³/mol. The standard InChI is InChI=1S/C12H24N2O2/c1-9(2)10(3)13-5-7-14(8-6-13)11(4)12(15)16/h9-11H,5-8H2,1-4H3,(H,15,16). The van der Waals surface area contributed by atoms with Gasteiger partial charge in [0.15, 0.2) is 0 Å². The largest absolute Gasteiger partial charge is 0.480 e. The summed E-state index contributed by atoms with van der Waals surface area (Å²) in [6.07, 6.45) is 0. The van der Waals surface area contributed by atoms with Crippen LogP contribution in [0.4, 0.5) is 0 Å². The van der Waals surface area contributed by atoms with Gasteiger partial charge in [0.1, 0.15) is 6.04 Å². The van der Waals surface area contributed by atoms with Gasteiger partial charge >= 0.3 is 5.97 Å². The number of hydrogen-bond acceptors (Lipinski definition) is 3. The topological polar surface area (TPSA) is 43.8 Å². The van der Waals surface area contributed by atoms with Crippen LogP contribution >= 0.6 is 0 Å². The van der Waals surface area contributed by atoms with Gasteiger partial charge in [0.2, 0.25) is 0 Å². The highest BCUT2D eigenvalue weighted by Crippen LogP contribution is 2.14. The zero-order valence-corrected chi connectivity index (χ0v) is 10.8. The van der Waals surface area contributed by atoms with Crippen LogP contribution in [0.25, 0.3) is 0 Å². The molecular formula is C12H24N2O2. The Morgan fingerprint density at radius 2 is 1.44 bits per heavy atom. The molecule has 2 unspecified atom stereocenters. The Labute approximate surface area is 98.2 Å². The molecule has 0 aromatic heterocycles. The Morgan fingerprint density at radius 1 is 1.00 bits per heavy atom. The summed E-state index contributed by atoms with van der Waals surface area (Å²) >= 11 is 0. The van der Waals surface area contributed by atoms with Crippen molar-refractivity contribution in [2.45, 2.75) is 39.8 Å². The summed E-state index contributed by atoms with van der Waals surface area (Å²) in [7, 11) is 0. The molecule has 0 aliphatic carbocycles. The second-order valence-corrected chi connectivity index (χ2v) is 5.07. The molecule has 0 bridgehead atoms. The van der Waals surface area contributed by atoms with Gasteiger partial charge in [0, 0.05) is 32.2 Å². The molecule has 0 radical (unpaired) electrons. The SMILES string of the molecule is CC(C)C(C)N1CCN(C(C)C(=O)O)CC1. The molecule has 1 fully saturated rings.